The molecule has 0 spiro atoms. The van der Waals surface area contributed by atoms with Crippen LogP contribution in [0.1, 0.15) is 33.6 Å². The summed E-state index contributed by atoms with van der Waals surface area (Å²) in [7, 11) is 1.80. The van der Waals surface area contributed by atoms with Gasteiger partial charge in [0.1, 0.15) is 0 Å². The van der Waals surface area contributed by atoms with E-state index in [2.05, 4.69) is 0 Å². The monoisotopic (exact) mass is 172 g/mol. The van der Waals surface area contributed by atoms with E-state index >= 15 is 0 Å². The van der Waals surface area contributed by atoms with Crippen LogP contribution >= 0.6 is 0 Å². The van der Waals surface area contributed by atoms with Crippen LogP contribution in [0.15, 0.2) is 0 Å². The summed E-state index contributed by atoms with van der Waals surface area (Å²) >= 11 is 0. The lowest BCUT2D eigenvalue weighted by Gasteiger charge is -2.27. The third-order valence-electron chi connectivity index (χ3n) is 2.13. The second kappa shape index (κ2) is 4.45. The highest BCUT2D eigenvalue weighted by molar-refractivity contribution is 5.85. The molecule has 0 heterocycles. The van der Waals surface area contributed by atoms with E-state index in [0.717, 1.165) is 13.0 Å². The molecule has 0 rings (SSSR count). The van der Waals surface area contributed by atoms with Crippen molar-refractivity contribution in [3.8, 4) is 0 Å². The van der Waals surface area contributed by atoms with Crippen molar-refractivity contribution in [2.24, 2.45) is 5.73 Å². The molecule has 0 aliphatic rings. The standard InChI is InChI=1S/C9H20N2O/c1-5-7-11(4)8(12)9(3,10)6-2/h5-7,10H2,1-4H3. The predicted molar refractivity (Wildman–Crippen MR) is 50.8 cm³/mol. The minimum absolute atomic E-state index is 0.0341. The van der Waals surface area contributed by atoms with Gasteiger partial charge in [-0.3, -0.25) is 4.79 Å². The van der Waals surface area contributed by atoms with Crippen molar-refractivity contribution in [3.05, 3.63) is 0 Å². The van der Waals surface area contributed by atoms with Crippen LogP contribution in [0, 0.1) is 0 Å². The lowest BCUT2D eigenvalue weighted by Crippen LogP contribution is -2.51. The number of nitrogens with zero attached hydrogens (tertiary/aromatic N) is 1. The fraction of sp³-hybridized carbons (Fsp3) is 0.889. The Morgan fingerprint density at radius 2 is 2.00 bits per heavy atom. The first-order valence-electron chi connectivity index (χ1n) is 4.50. The smallest absolute Gasteiger partial charge is 0.242 e. The molecule has 0 aromatic heterocycles. The first-order valence-corrected chi connectivity index (χ1v) is 4.50. The second-order valence-electron chi connectivity index (χ2n) is 3.50. The second-order valence-corrected chi connectivity index (χ2v) is 3.50. The Bertz CT molecular complexity index is 155. The normalized spacial score (nSPS) is 15.4. The summed E-state index contributed by atoms with van der Waals surface area (Å²) in [5.74, 6) is 0.0341. The number of hydrogen-bond donors (Lipinski definition) is 1. The zero-order valence-corrected chi connectivity index (χ0v) is 8.55. The molecule has 2 N–H and O–H groups in total. The van der Waals surface area contributed by atoms with Crippen LogP contribution in [0.2, 0.25) is 0 Å². The number of amides is 1. The molecule has 0 saturated heterocycles. The van der Waals surface area contributed by atoms with Crippen molar-refractivity contribution < 1.29 is 4.79 Å². The Hall–Kier alpha value is -0.570. The fourth-order valence-corrected chi connectivity index (χ4v) is 1.02. The van der Waals surface area contributed by atoms with Gasteiger partial charge >= 0.3 is 0 Å². The van der Waals surface area contributed by atoms with Gasteiger partial charge in [0.15, 0.2) is 0 Å². The molecule has 0 saturated carbocycles. The first-order chi connectivity index (χ1) is 5.45. The number of rotatable bonds is 4. The van der Waals surface area contributed by atoms with Crippen LogP contribution < -0.4 is 5.73 Å². The van der Waals surface area contributed by atoms with Crippen LogP contribution in [-0.2, 0) is 4.79 Å². The average molecular weight is 172 g/mol. The lowest BCUT2D eigenvalue weighted by atomic mass is 9.99. The lowest BCUT2D eigenvalue weighted by molar-refractivity contribution is -0.135. The summed E-state index contributed by atoms with van der Waals surface area (Å²) in [5, 5.41) is 0. The molecule has 1 atom stereocenters. The summed E-state index contributed by atoms with van der Waals surface area (Å²) in [6, 6.07) is 0. The molecule has 0 radical (unpaired) electrons. The number of nitrogens with two attached hydrogens (primary N) is 1. The summed E-state index contributed by atoms with van der Waals surface area (Å²) in [4.78, 5) is 13.3. The van der Waals surface area contributed by atoms with Gasteiger partial charge in [-0.25, -0.2) is 0 Å². The minimum Gasteiger partial charge on any atom is -0.344 e. The molecule has 0 aromatic carbocycles. The maximum absolute atomic E-state index is 11.6. The van der Waals surface area contributed by atoms with Gasteiger partial charge in [0.2, 0.25) is 5.91 Å². The summed E-state index contributed by atoms with van der Waals surface area (Å²) < 4.78 is 0. The molecule has 0 aliphatic carbocycles. The molecule has 72 valence electrons. The predicted octanol–water partition coefficient (Wildman–Crippen LogP) is 0.982. The summed E-state index contributed by atoms with van der Waals surface area (Å²) in [5.41, 5.74) is 5.11. The molecular formula is C9H20N2O. The quantitative estimate of drug-likeness (QED) is 0.687. The first kappa shape index (κ1) is 11.4. The Labute approximate surface area is 74.9 Å². The maximum atomic E-state index is 11.6. The zero-order valence-electron chi connectivity index (χ0n) is 8.55. The Morgan fingerprint density at radius 3 is 2.33 bits per heavy atom. The van der Waals surface area contributed by atoms with E-state index in [9.17, 15) is 4.79 Å². The molecule has 0 aliphatic heterocycles. The van der Waals surface area contributed by atoms with E-state index in [1.807, 2.05) is 13.8 Å². The summed E-state index contributed by atoms with van der Waals surface area (Å²) in [6.07, 6.45) is 1.65. The Kier molecular flexibility index (Phi) is 4.24. The van der Waals surface area contributed by atoms with Crippen LogP contribution in [0.3, 0.4) is 0 Å². The number of carbonyl (C=O) groups excluding carboxylic acids is 1. The average Bonchev–Trinajstić information content (AvgIpc) is 2.03. The van der Waals surface area contributed by atoms with Gasteiger partial charge in [-0.05, 0) is 19.8 Å². The minimum atomic E-state index is -0.691. The van der Waals surface area contributed by atoms with Crippen molar-refractivity contribution in [2.45, 2.75) is 39.2 Å². The molecular weight excluding hydrogens is 152 g/mol. The van der Waals surface area contributed by atoms with Gasteiger partial charge in [0.25, 0.3) is 0 Å². The van der Waals surface area contributed by atoms with E-state index in [4.69, 9.17) is 5.73 Å². The summed E-state index contributed by atoms with van der Waals surface area (Å²) in [6.45, 7) is 6.54. The molecule has 3 nitrogen and oxygen atoms in total. The molecule has 0 aromatic rings. The SMILES string of the molecule is CCCN(C)C(=O)C(C)(N)CC. The van der Waals surface area contributed by atoms with Gasteiger partial charge in [0, 0.05) is 13.6 Å². The zero-order chi connectivity index (χ0) is 9.78. The van der Waals surface area contributed by atoms with Gasteiger partial charge < -0.3 is 10.6 Å². The number of hydrogen-bond acceptors (Lipinski definition) is 2. The third kappa shape index (κ3) is 2.81. The van der Waals surface area contributed by atoms with Crippen molar-refractivity contribution in [2.75, 3.05) is 13.6 Å². The largest absolute Gasteiger partial charge is 0.344 e. The highest BCUT2D eigenvalue weighted by atomic mass is 16.2. The van der Waals surface area contributed by atoms with Gasteiger partial charge in [-0.15, -0.1) is 0 Å². The number of likely N-dealkylation sites (N-methyl/N-ethyl adjacent to an activating group) is 1. The molecule has 1 amide bonds. The van der Waals surface area contributed by atoms with Crippen LogP contribution in [0.4, 0.5) is 0 Å². The van der Waals surface area contributed by atoms with Crippen molar-refractivity contribution >= 4 is 5.91 Å². The fourth-order valence-electron chi connectivity index (χ4n) is 1.02. The van der Waals surface area contributed by atoms with Crippen molar-refractivity contribution in [1.82, 2.24) is 4.90 Å². The molecule has 1 unspecified atom stereocenters. The highest BCUT2D eigenvalue weighted by Crippen LogP contribution is 2.08. The maximum Gasteiger partial charge on any atom is 0.242 e. The molecule has 3 heteroatoms. The third-order valence-corrected chi connectivity index (χ3v) is 2.13. The van der Waals surface area contributed by atoms with E-state index in [1.165, 1.54) is 0 Å². The van der Waals surface area contributed by atoms with Crippen molar-refractivity contribution in [3.63, 3.8) is 0 Å². The van der Waals surface area contributed by atoms with E-state index in [1.54, 1.807) is 18.9 Å². The molecule has 12 heavy (non-hydrogen) atoms. The van der Waals surface area contributed by atoms with E-state index in [-0.39, 0.29) is 5.91 Å². The van der Waals surface area contributed by atoms with Gasteiger partial charge in [-0.2, -0.15) is 0 Å². The van der Waals surface area contributed by atoms with Crippen LogP contribution in [-0.4, -0.2) is 29.9 Å². The molecule has 0 bridgehead atoms. The number of carbonyl (C=O) groups is 1. The van der Waals surface area contributed by atoms with Gasteiger partial charge in [0.05, 0.1) is 5.54 Å². The highest BCUT2D eigenvalue weighted by Gasteiger charge is 2.28. The van der Waals surface area contributed by atoms with E-state index < -0.39 is 5.54 Å². The Balaban J connectivity index is 4.18. The van der Waals surface area contributed by atoms with Crippen molar-refractivity contribution in [1.29, 1.82) is 0 Å². The van der Waals surface area contributed by atoms with E-state index in [0.29, 0.717) is 6.42 Å². The van der Waals surface area contributed by atoms with Gasteiger partial charge in [-0.1, -0.05) is 13.8 Å². The topological polar surface area (TPSA) is 46.3 Å². The molecule has 0 fully saturated rings. The Morgan fingerprint density at radius 1 is 1.50 bits per heavy atom. The van der Waals surface area contributed by atoms with Crippen LogP contribution in [0.5, 0.6) is 0 Å². The van der Waals surface area contributed by atoms with Crippen LogP contribution in [0.25, 0.3) is 0 Å².